The van der Waals surface area contributed by atoms with Crippen molar-refractivity contribution in [1.29, 1.82) is 0 Å². The lowest BCUT2D eigenvalue weighted by Crippen LogP contribution is -2.60. The minimum atomic E-state index is -4.70. The van der Waals surface area contributed by atoms with E-state index >= 15 is 0 Å². The number of aliphatic carboxylic acids is 1. The van der Waals surface area contributed by atoms with Gasteiger partial charge in [-0.15, -0.1) is 0 Å². The van der Waals surface area contributed by atoms with Crippen molar-refractivity contribution in [2.75, 3.05) is 13.1 Å². The van der Waals surface area contributed by atoms with Crippen LogP contribution in [0.5, 0.6) is 0 Å². The van der Waals surface area contributed by atoms with Gasteiger partial charge >= 0.3 is 18.1 Å². The lowest BCUT2D eigenvalue weighted by Gasteiger charge is -2.45. The van der Waals surface area contributed by atoms with Gasteiger partial charge in [0.2, 0.25) is 0 Å². The number of hydrogen-bond donors (Lipinski definition) is 5. The molecule has 1 saturated carbocycles. The van der Waals surface area contributed by atoms with Crippen LogP contribution in [0.25, 0.3) is 0 Å². The molecule has 2 aromatic carbocycles. The molecule has 1 saturated heterocycles. The van der Waals surface area contributed by atoms with Crippen molar-refractivity contribution >= 4 is 11.7 Å². The summed E-state index contributed by atoms with van der Waals surface area (Å²) in [6.07, 6.45) is -0.396. The van der Waals surface area contributed by atoms with Crippen LogP contribution in [0.15, 0.2) is 41.6 Å². The fourth-order valence-electron chi connectivity index (χ4n) is 5.51. The van der Waals surface area contributed by atoms with Crippen molar-refractivity contribution in [3.05, 3.63) is 69.8 Å². The Morgan fingerprint density at radius 2 is 1.66 bits per heavy atom. The molecule has 2 aromatic rings. The van der Waals surface area contributed by atoms with Gasteiger partial charge in [-0.2, -0.15) is 13.2 Å². The lowest BCUT2D eigenvalue weighted by molar-refractivity contribution is -0.351. The maximum absolute atomic E-state index is 13.9. The van der Waals surface area contributed by atoms with Crippen molar-refractivity contribution in [2.45, 2.75) is 76.4 Å². The van der Waals surface area contributed by atoms with E-state index in [2.05, 4.69) is 5.16 Å². The minimum Gasteiger partial charge on any atom is -0.481 e. The summed E-state index contributed by atoms with van der Waals surface area (Å²) < 4.78 is 41.8. The zero-order chi connectivity index (χ0) is 30.2. The molecule has 9 nitrogen and oxygen atoms in total. The Morgan fingerprint density at radius 1 is 1.00 bits per heavy atom. The Balaban J connectivity index is 1.54. The molecule has 224 valence electrons. The average molecular weight is 581 g/mol. The molecular formula is C29H35F3N2O7. The van der Waals surface area contributed by atoms with Gasteiger partial charge in [-0.1, -0.05) is 49.5 Å². The van der Waals surface area contributed by atoms with Crippen LogP contribution in [0.3, 0.4) is 0 Å². The maximum atomic E-state index is 13.9. The molecular weight excluding hydrogens is 545 g/mol. The van der Waals surface area contributed by atoms with Gasteiger partial charge in [0.05, 0.1) is 22.8 Å². The Bertz CT molecular complexity index is 1300. The number of hydrogen-bond acceptors (Lipinski definition) is 8. The molecule has 12 heteroatoms. The van der Waals surface area contributed by atoms with E-state index in [0.29, 0.717) is 36.5 Å². The highest BCUT2D eigenvalue weighted by atomic mass is 19.4. The lowest BCUT2D eigenvalue weighted by atomic mass is 9.81. The van der Waals surface area contributed by atoms with E-state index in [1.54, 1.807) is 13.0 Å². The number of carboxylic acids is 1. The third kappa shape index (κ3) is 6.57. The van der Waals surface area contributed by atoms with Gasteiger partial charge < -0.3 is 30.4 Å². The van der Waals surface area contributed by atoms with E-state index in [9.17, 15) is 38.4 Å². The van der Waals surface area contributed by atoms with E-state index < -0.39 is 41.1 Å². The van der Waals surface area contributed by atoms with Crippen molar-refractivity contribution in [3.8, 4) is 0 Å². The number of nitrogens with zero attached hydrogens (tertiary/aromatic N) is 2. The summed E-state index contributed by atoms with van der Waals surface area (Å²) in [5, 5.41) is 55.4. The van der Waals surface area contributed by atoms with Crippen LogP contribution in [0.1, 0.15) is 85.3 Å². The van der Waals surface area contributed by atoms with Crippen LogP contribution in [0.4, 0.5) is 13.2 Å². The van der Waals surface area contributed by atoms with E-state index in [0.717, 1.165) is 19.3 Å². The molecule has 2 aliphatic rings. The van der Waals surface area contributed by atoms with Gasteiger partial charge in [-0.3, -0.25) is 4.79 Å². The topological polar surface area (TPSA) is 143 Å². The number of halogens is 3. The second-order valence-electron chi connectivity index (χ2n) is 10.8. The molecule has 1 aliphatic heterocycles. The first kappa shape index (κ1) is 30.9. The molecule has 1 aliphatic carbocycles. The minimum absolute atomic E-state index is 0.0334. The number of carboxylic acid groups (broad SMARTS) is 1. The molecule has 0 bridgehead atoms. The van der Waals surface area contributed by atoms with Crippen molar-refractivity contribution in [3.63, 3.8) is 0 Å². The second-order valence-corrected chi connectivity index (χ2v) is 10.8. The van der Waals surface area contributed by atoms with Crippen molar-refractivity contribution in [2.24, 2.45) is 11.1 Å². The SMILES string of the molecule is CCc1cc(/C(C)=N/OC(O)(O)c2ccc(C3CCCCC3)c(C(F)(F)F)c2)ccc1C(O)(O)N1CC(C(=O)O)C1. The van der Waals surface area contributed by atoms with Gasteiger partial charge in [-0.25, -0.2) is 4.90 Å². The van der Waals surface area contributed by atoms with Crippen LogP contribution < -0.4 is 0 Å². The van der Waals surface area contributed by atoms with Crippen LogP contribution in [-0.2, 0) is 34.1 Å². The monoisotopic (exact) mass is 580 g/mol. The summed E-state index contributed by atoms with van der Waals surface area (Å²) in [5.41, 5.74) is -0.104. The van der Waals surface area contributed by atoms with Crippen molar-refractivity contribution in [1.82, 2.24) is 4.90 Å². The molecule has 0 spiro atoms. The second kappa shape index (κ2) is 11.7. The van der Waals surface area contributed by atoms with E-state index in [4.69, 9.17) is 9.94 Å². The quantitative estimate of drug-likeness (QED) is 0.170. The number of aryl methyl sites for hydroxylation is 1. The third-order valence-corrected chi connectivity index (χ3v) is 8.03. The van der Waals surface area contributed by atoms with Gasteiger partial charge in [0.15, 0.2) is 0 Å². The highest BCUT2D eigenvalue weighted by molar-refractivity contribution is 5.98. The molecule has 0 amide bonds. The fourth-order valence-corrected chi connectivity index (χ4v) is 5.51. The van der Waals surface area contributed by atoms with Crippen molar-refractivity contribution < 1.29 is 48.3 Å². The molecule has 2 fully saturated rings. The Hall–Kier alpha value is -3.03. The number of alkyl halides is 3. The molecule has 1 heterocycles. The van der Waals surface area contributed by atoms with Crippen LogP contribution in [0, 0.1) is 5.92 Å². The molecule has 4 rings (SSSR count). The predicted molar refractivity (Wildman–Crippen MR) is 141 cm³/mol. The molecule has 0 aromatic heterocycles. The van der Waals surface area contributed by atoms with Gasteiger partial charge in [0.25, 0.3) is 5.91 Å². The van der Waals surface area contributed by atoms with Gasteiger partial charge in [0.1, 0.15) is 0 Å². The van der Waals surface area contributed by atoms with E-state index in [1.165, 1.54) is 36.1 Å². The number of aliphatic hydroxyl groups is 4. The van der Waals surface area contributed by atoms with Crippen LogP contribution in [-0.4, -0.2) is 55.2 Å². The number of oxime groups is 1. The summed E-state index contributed by atoms with van der Waals surface area (Å²) in [6, 6.07) is 7.67. The van der Waals surface area contributed by atoms with E-state index in [-0.39, 0.29) is 35.8 Å². The first-order valence-corrected chi connectivity index (χ1v) is 13.6. The highest BCUT2D eigenvalue weighted by Crippen LogP contribution is 2.42. The Morgan fingerprint density at radius 3 is 2.24 bits per heavy atom. The number of carbonyl (C=O) groups is 1. The zero-order valence-corrected chi connectivity index (χ0v) is 22.9. The van der Waals surface area contributed by atoms with Crippen LogP contribution in [0.2, 0.25) is 0 Å². The molecule has 5 N–H and O–H groups in total. The van der Waals surface area contributed by atoms with Crippen LogP contribution >= 0.6 is 0 Å². The average Bonchev–Trinajstić information content (AvgIpc) is 2.89. The normalized spacial score (nSPS) is 18.3. The molecule has 41 heavy (non-hydrogen) atoms. The third-order valence-electron chi connectivity index (χ3n) is 8.03. The molecule has 0 radical (unpaired) electrons. The molecule has 0 atom stereocenters. The summed E-state index contributed by atoms with van der Waals surface area (Å²) in [7, 11) is 0. The van der Waals surface area contributed by atoms with E-state index in [1.807, 2.05) is 0 Å². The number of likely N-dealkylation sites (tertiary alicyclic amines) is 1. The Kier molecular flexibility index (Phi) is 8.81. The zero-order valence-electron chi connectivity index (χ0n) is 22.9. The molecule has 0 unspecified atom stereocenters. The standard InChI is InChI=1S/C29H35F3N2O7/c1-3-18-13-20(9-12-24(18)28(37,38)34-15-21(16-34)26(35)36)17(2)33-41-29(39,40)22-10-11-23(19-7-5-4-6-8-19)25(14-22)27(30,31)32/h9-14,19,21,37-40H,3-8,15-16H2,1-2H3,(H,35,36)/b33-17+. The maximum Gasteiger partial charge on any atom is 0.416 e. The predicted octanol–water partition coefficient (Wildman–Crippen LogP) is 3.96. The smallest absolute Gasteiger partial charge is 0.416 e. The summed E-state index contributed by atoms with van der Waals surface area (Å²) in [6.45, 7) is 3.19. The highest BCUT2D eigenvalue weighted by Gasteiger charge is 2.46. The summed E-state index contributed by atoms with van der Waals surface area (Å²) >= 11 is 0. The largest absolute Gasteiger partial charge is 0.481 e. The fraction of sp³-hybridized carbons (Fsp3) is 0.517. The first-order valence-electron chi connectivity index (χ1n) is 13.6. The summed E-state index contributed by atoms with van der Waals surface area (Å²) in [4.78, 5) is 17.2. The Labute approximate surface area is 235 Å². The van der Waals surface area contributed by atoms with Gasteiger partial charge in [-0.05, 0) is 67.0 Å². The number of benzene rings is 2. The first-order chi connectivity index (χ1) is 19.1. The summed E-state index contributed by atoms with van der Waals surface area (Å²) in [5.74, 6) is -7.52. The van der Waals surface area contributed by atoms with Gasteiger partial charge in [0, 0.05) is 18.7 Å². The number of rotatable bonds is 9.